The average molecular weight is 184 g/mol. The first-order valence-electron chi connectivity index (χ1n) is 3.30. The fourth-order valence-corrected chi connectivity index (χ4v) is 1.22. The molecule has 0 atom stereocenters. The summed E-state index contributed by atoms with van der Waals surface area (Å²) in [6.45, 7) is 3.51. The summed E-state index contributed by atoms with van der Waals surface area (Å²) in [5.41, 5.74) is -0.787. The third-order valence-electron chi connectivity index (χ3n) is 1.12. The molecule has 0 saturated carbocycles. The van der Waals surface area contributed by atoms with Gasteiger partial charge >= 0.3 is 5.69 Å². The van der Waals surface area contributed by atoms with E-state index in [0.29, 0.717) is 5.75 Å². The first-order chi connectivity index (χ1) is 5.74. The maximum Gasteiger partial charge on any atom is 0.338 e. The first-order valence-corrected chi connectivity index (χ1v) is 4.24. The number of nitrogens with zero attached hydrogens (tertiary/aromatic N) is 1. The fourth-order valence-electron chi connectivity index (χ4n) is 0.640. The Morgan fingerprint density at radius 2 is 2.42 bits per heavy atom. The molecule has 0 aliphatic heterocycles. The molecule has 0 bridgehead atoms. The molecular weight excluding hydrogens is 176 g/mol. The minimum absolute atomic E-state index is 0.379. The molecular formula is C7H8N2O2S. The molecule has 0 saturated heterocycles. The van der Waals surface area contributed by atoms with Gasteiger partial charge in [0.25, 0.3) is 5.56 Å². The average Bonchev–Trinajstić information content (AvgIpc) is 2.03. The molecule has 0 unspecified atom stereocenters. The Morgan fingerprint density at radius 1 is 1.67 bits per heavy atom. The first kappa shape index (κ1) is 8.86. The molecule has 0 amide bonds. The van der Waals surface area contributed by atoms with Gasteiger partial charge in [-0.25, -0.2) is 8.77 Å². The summed E-state index contributed by atoms with van der Waals surface area (Å²) in [5, 5.41) is 0. The smallest absolute Gasteiger partial charge is 0.273 e. The summed E-state index contributed by atoms with van der Waals surface area (Å²) >= 11 is 1.27. The van der Waals surface area contributed by atoms with Gasteiger partial charge in [-0.2, -0.15) is 0 Å². The number of aromatic amines is 1. The van der Waals surface area contributed by atoms with Gasteiger partial charge in [0.2, 0.25) is 0 Å². The summed E-state index contributed by atoms with van der Waals surface area (Å²) in [6, 6.07) is 1.30. The lowest BCUT2D eigenvalue weighted by Gasteiger charge is -1.98. The highest BCUT2D eigenvalue weighted by Gasteiger charge is 1.93. The Kier molecular flexibility index (Phi) is 2.93. The lowest BCUT2D eigenvalue weighted by Crippen LogP contribution is -2.25. The van der Waals surface area contributed by atoms with Crippen molar-refractivity contribution in [3.05, 3.63) is 45.8 Å². The van der Waals surface area contributed by atoms with Crippen molar-refractivity contribution in [2.24, 2.45) is 0 Å². The molecule has 0 aliphatic carbocycles. The quantitative estimate of drug-likeness (QED) is 0.684. The predicted octanol–water partition coefficient (Wildman–Crippen LogP) is 0.219. The van der Waals surface area contributed by atoms with Crippen molar-refractivity contribution < 1.29 is 0 Å². The highest BCUT2D eigenvalue weighted by atomic mass is 32.2. The van der Waals surface area contributed by atoms with E-state index in [2.05, 4.69) is 11.6 Å². The van der Waals surface area contributed by atoms with E-state index in [4.69, 9.17) is 0 Å². The minimum atomic E-state index is -0.408. The van der Waals surface area contributed by atoms with Crippen molar-refractivity contribution >= 4 is 11.9 Å². The van der Waals surface area contributed by atoms with Gasteiger partial charge in [-0.1, -0.05) is 6.08 Å². The van der Waals surface area contributed by atoms with Crippen molar-refractivity contribution in [2.75, 3.05) is 5.75 Å². The van der Waals surface area contributed by atoms with E-state index >= 15 is 0 Å². The van der Waals surface area contributed by atoms with Crippen LogP contribution in [-0.2, 0) is 0 Å². The van der Waals surface area contributed by atoms with Gasteiger partial charge in [0, 0.05) is 18.0 Å². The van der Waals surface area contributed by atoms with Crippen LogP contribution in [0, 0.1) is 0 Å². The molecule has 1 aromatic rings. The van der Waals surface area contributed by atoms with E-state index in [9.17, 15) is 9.59 Å². The predicted molar refractivity (Wildman–Crippen MR) is 49.4 cm³/mol. The molecule has 1 heterocycles. The van der Waals surface area contributed by atoms with Crippen LogP contribution >= 0.6 is 11.9 Å². The van der Waals surface area contributed by atoms with Crippen LogP contribution in [0.1, 0.15) is 0 Å². The van der Waals surface area contributed by atoms with Crippen LogP contribution < -0.4 is 11.2 Å². The SMILES string of the molecule is C=CCSn1ccc(=O)[nH]c1=O. The summed E-state index contributed by atoms with van der Waals surface area (Å²) < 4.78 is 1.35. The standard InChI is InChI=1S/C7H8N2O2S/c1-2-5-12-9-4-3-6(10)8-7(9)11/h2-4H,1,5H2,(H,8,10,11). The van der Waals surface area contributed by atoms with Crippen molar-refractivity contribution in [2.45, 2.75) is 0 Å². The maximum absolute atomic E-state index is 11.0. The molecule has 5 heteroatoms. The van der Waals surface area contributed by atoms with Crippen LogP contribution in [0.3, 0.4) is 0 Å². The van der Waals surface area contributed by atoms with Gasteiger partial charge in [-0.15, -0.1) is 6.58 Å². The fraction of sp³-hybridized carbons (Fsp3) is 0.143. The lowest BCUT2D eigenvalue weighted by atomic mass is 10.7. The molecule has 0 aromatic carbocycles. The van der Waals surface area contributed by atoms with Gasteiger partial charge in [-0.3, -0.25) is 9.78 Å². The molecule has 1 aromatic heterocycles. The summed E-state index contributed by atoms with van der Waals surface area (Å²) in [5.74, 6) is 0.631. The second-order valence-electron chi connectivity index (χ2n) is 2.02. The summed E-state index contributed by atoms with van der Waals surface area (Å²) in [6.07, 6.45) is 3.12. The van der Waals surface area contributed by atoms with Crippen LogP contribution in [0.5, 0.6) is 0 Å². The lowest BCUT2D eigenvalue weighted by molar-refractivity contribution is 0.989. The highest BCUT2D eigenvalue weighted by molar-refractivity contribution is 7.97. The number of hydrogen-bond acceptors (Lipinski definition) is 3. The van der Waals surface area contributed by atoms with E-state index in [1.807, 2.05) is 0 Å². The molecule has 0 radical (unpaired) electrons. The van der Waals surface area contributed by atoms with Gasteiger partial charge in [0.1, 0.15) is 0 Å². The summed E-state index contributed by atoms with van der Waals surface area (Å²) in [7, 11) is 0. The minimum Gasteiger partial charge on any atom is -0.273 e. The number of H-pyrrole nitrogens is 1. The highest BCUT2D eigenvalue weighted by Crippen LogP contribution is 1.98. The maximum atomic E-state index is 11.0. The Balaban J connectivity index is 2.94. The molecule has 0 spiro atoms. The van der Waals surface area contributed by atoms with Crippen LogP contribution in [0.25, 0.3) is 0 Å². The van der Waals surface area contributed by atoms with E-state index in [1.165, 1.54) is 28.2 Å². The Bertz CT molecular complexity index is 379. The molecule has 0 aliphatic rings. The topological polar surface area (TPSA) is 54.9 Å². The third kappa shape index (κ3) is 2.13. The Hall–Kier alpha value is -1.23. The van der Waals surface area contributed by atoms with Gasteiger partial charge < -0.3 is 0 Å². The Labute approximate surface area is 73.1 Å². The molecule has 12 heavy (non-hydrogen) atoms. The van der Waals surface area contributed by atoms with Crippen molar-refractivity contribution in [3.8, 4) is 0 Å². The van der Waals surface area contributed by atoms with E-state index in [1.54, 1.807) is 6.08 Å². The zero-order chi connectivity index (χ0) is 8.97. The molecule has 4 nitrogen and oxygen atoms in total. The number of rotatable bonds is 3. The summed E-state index contributed by atoms with van der Waals surface area (Å²) in [4.78, 5) is 23.8. The van der Waals surface area contributed by atoms with Crippen LogP contribution in [-0.4, -0.2) is 14.7 Å². The molecule has 64 valence electrons. The molecule has 1 rings (SSSR count). The number of nitrogens with one attached hydrogen (secondary N) is 1. The van der Waals surface area contributed by atoms with Gasteiger partial charge in [0.15, 0.2) is 0 Å². The molecule has 0 fully saturated rings. The van der Waals surface area contributed by atoms with Crippen LogP contribution in [0.15, 0.2) is 34.5 Å². The monoisotopic (exact) mass is 184 g/mol. The van der Waals surface area contributed by atoms with Gasteiger partial charge in [0.05, 0.1) is 0 Å². The van der Waals surface area contributed by atoms with Crippen LogP contribution in [0.2, 0.25) is 0 Å². The van der Waals surface area contributed by atoms with E-state index in [0.717, 1.165) is 0 Å². The van der Waals surface area contributed by atoms with Gasteiger partial charge in [-0.05, 0) is 11.9 Å². The number of hydrogen-bond donors (Lipinski definition) is 1. The van der Waals surface area contributed by atoms with Crippen molar-refractivity contribution in [3.63, 3.8) is 0 Å². The van der Waals surface area contributed by atoms with Crippen LogP contribution in [0.4, 0.5) is 0 Å². The van der Waals surface area contributed by atoms with E-state index < -0.39 is 5.69 Å². The zero-order valence-electron chi connectivity index (χ0n) is 6.32. The van der Waals surface area contributed by atoms with E-state index in [-0.39, 0.29) is 5.56 Å². The molecule has 1 N–H and O–H groups in total. The second kappa shape index (κ2) is 3.96. The second-order valence-corrected chi connectivity index (χ2v) is 3.01. The number of aromatic nitrogens is 2. The Morgan fingerprint density at radius 3 is 3.00 bits per heavy atom. The zero-order valence-corrected chi connectivity index (χ0v) is 7.13. The largest absolute Gasteiger partial charge is 0.338 e. The third-order valence-corrected chi connectivity index (χ3v) is 2.07. The normalized spacial score (nSPS) is 9.67. The van der Waals surface area contributed by atoms with Crippen molar-refractivity contribution in [1.82, 2.24) is 8.96 Å². The van der Waals surface area contributed by atoms with Crippen molar-refractivity contribution in [1.29, 1.82) is 0 Å².